The first-order chi connectivity index (χ1) is 10.2. The fourth-order valence-corrected chi connectivity index (χ4v) is 2.49. The molecule has 5 nitrogen and oxygen atoms in total. The smallest absolute Gasteiger partial charge is 0.860 e. The van der Waals surface area contributed by atoms with Crippen LogP contribution < -0.4 is 69.3 Å². The van der Waals surface area contributed by atoms with Crippen molar-refractivity contribution >= 4 is 17.8 Å². The number of carbonyl (C=O) groups excluding carboxylic acids is 1. The minimum Gasteiger partial charge on any atom is -0.860 e. The van der Waals surface area contributed by atoms with E-state index in [1.807, 2.05) is 0 Å². The van der Waals surface area contributed by atoms with E-state index in [0.29, 0.717) is 11.1 Å². The quantitative estimate of drug-likeness (QED) is 0.515. The van der Waals surface area contributed by atoms with E-state index in [-0.39, 0.29) is 59.1 Å². The average Bonchev–Trinajstić information content (AvgIpc) is 2.49. The summed E-state index contributed by atoms with van der Waals surface area (Å²) in [5, 5.41) is 23.7. The number of hydrogen-bond donors (Lipinski definition) is 0. The fourth-order valence-electron chi connectivity index (χ4n) is 2.49. The Hall–Kier alpha value is -0.950. The van der Waals surface area contributed by atoms with Gasteiger partial charge in [-0.25, -0.2) is 4.99 Å². The van der Waals surface area contributed by atoms with Crippen LogP contribution >= 0.6 is 0 Å². The Morgan fingerprint density at radius 1 is 0.739 bits per heavy atom. The summed E-state index contributed by atoms with van der Waals surface area (Å²) in [6.45, 7) is 0. The standard InChI is InChI=1S/C16H12N2O3.2Na/c19-13-16(11-7-3-1-4-8-11,12-9-5-2-6-10-12)14(20)18-15(21)17-13;;/h1-10H,(H2,17,18,19,20,21);;/q;2*+1/p-2. The zero-order chi connectivity index (χ0) is 14.9. The minimum absolute atomic E-state index is 0. The summed E-state index contributed by atoms with van der Waals surface area (Å²) in [6.07, 6.45) is 0. The number of hydrogen-bond acceptors (Lipinski definition) is 4. The van der Waals surface area contributed by atoms with Gasteiger partial charge < -0.3 is 10.2 Å². The van der Waals surface area contributed by atoms with Crippen molar-refractivity contribution in [3.8, 4) is 0 Å². The molecule has 2 aromatic rings. The third-order valence-corrected chi connectivity index (χ3v) is 3.45. The molecule has 3 rings (SSSR count). The van der Waals surface area contributed by atoms with Gasteiger partial charge in [-0.15, -0.1) is 0 Å². The predicted octanol–water partition coefficient (Wildman–Crippen LogP) is -6.00. The van der Waals surface area contributed by atoms with Crippen LogP contribution in [0.1, 0.15) is 11.1 Å². The van der Waals surface area contributed by atoms with E-state index in [1.165, 1.54) is 0 Å². The molecular weight excluding hydrogens is 314 g/mol. The van der Waals surface area contributed by atoms with Crippen molar-refractivity contribution in [3.63, 3.8) is 0 Å². The summed E-state index contributed by atoms with van der Waals surface area (Å²) in [5.41, 5.74) is -0.770. The molecular formula is C16H10N2Na2O3. The second-order valence-corrected chi connectivity index (χ2v) is 4.60. The van der Waals surface area contributed by atoms with Gasteiger partial charge in [-0.2, -0.15) is 0 Å². The Bertz CT molecular complexity index is 707. The van der Waals surface area contributed by atoms with E-state index in [1.54, 1.807) is 60.7 Å². The Morgan fingerprint density at radius 2 is 1.17 bits per heavy atom. The molecule has 0 spiro atoms. The summed E-state index contributed by atoms with van der Waals surface area (Å²) in [4.78, 5) is 19.2. The Morgan fingerprint density at radius 3 is 1.57 bits per heavy atom. The topological polar surface area (TPSA) is 87.9 Å². The van der Waals surface area contributed by atoms with Crippen molar-refractivity contribution < 1.29 is 74.1 Å². The maximum Gasteiger partial charge on any atom is 1.00 e. The number of amidine groups is 1. The summed E-state index contributed by atoms with van der Waals surface area (Å²) in [5.74, 6) is -1.60. The summed E-state index contributed by atoms with van der Waals surface area (Å²) >= 11 is 0. The Labute approximate surface area is 177 Å². The van der Waals surface area contributed by atoms with Gasteiger partial charge in [0.2, 0.25) is 0 Å². The molecule has 2 aromatic carbocycles. The van der Waals surface area contributed by atoms with E-state index in [4.69, 9.17) is 0 Å². The molecule has 7 heteroatoms. The van der Waals surface area contributed by atoms with Crippen LogP contribution in [0, 0.1) is 0 Å². The second-order valence-electron chi connectivity index (χ2n) is 4.60. The van der Waals surface area contributed by atoms with E-state index >= 15 is 0 Å². The van der Waals surface area contributed by atoms with Gasteiger partial charge in [-0.3, -0.25) is 9.79 Å². The minimum atomic E-state index is -1.67. The molecule has 0 N–H and O–H groups in total. The maximum atomic E-state index is 12.5. The summed E-state index contributed by atoms with van der Waals surface area (Å²) in [7, 11) is 0. The number of benzene rings is 2. The number of rotatable bonds is 2. The molecule has 1 heterocycles. The van der Waals surface area contributed by atoms with Gasteiger partial charge in [-0.05, 0) is 17.0 Å². The molecule has 0 saturated carbocycles. The van der Waals surface area contributed by atoms with E-state index < -0.39 is 23.2 Å². The van der Waals surface area contributed by atoms with Crippen molar-refractivity contribution in [1.29, 1.82) is 0 Å². The van der Waals surface area contributed by atoms with Crippen molar-refractivity contribution in [2.24, 2.45) is 9.98 Å². The van der Waals surface area contributed by atoms with Crippen LogP contribution in [0.3, 0.4) is 0 Å². The largest absolute Gasteiger partial charge is 1.00 e. The Kier molecular flexibility index (Phi) is 7.20. The summed E-state index contributed by atoms with van der Waals surface area (Å²) < 4.78 is 0. The molecule has 0 atom stereocenters. The molecule has 0 unspecified atom stereocenters. The third kappa shape index (κ3) is 3.45. The maximum absolute atomic E-state index is 12.5. The van der Waals surface area contributed by atoms with Crippen molar-refractivity contribution in [3.05, 3.63) is 71.8 Å². The van der Waals surface area contributed by atoms with Crippen molar-refractivity contribution in [1.82, 2.24) is 0 Å². The van der Waals surface area contributed by atoms with E-state index in [2.05, 4.69) is 9.98 Å². The van der Waals surface area contributed by atoms with Crippen molar-refractivity contribution in [2.45, 2.75) is 5.41 Å². The number of amides is 1. The predicted molar refractivity (Wildman–Crippen MR) is 73.5 cm³/mol. The zero-order valence-electron chi connectivity index (χ0n) is 12.9. The zero-order valence-corrected chi connectivity index (χ0v) is 16.9. The van der Waals surface area contributed by atoms with Gasteiger partial charge in [-0.1, -0.05) is 60.7 Å². The molecule has 1 aliphatic rings. The second kappa shape index (κ2) is 8.24. The summed E-state index contributed by atoms with van der Waals surface area (Å²) in [6, 6.07) is 16.0. The molecule has 0 bridgehead atoms. The molecule has 0 radical (unpaired) electrons. The van der Waals surface area contributed by atoms with Gasteiger partial charge in [0.05, 0.1) is 6.02 Å². The Balaban J connectivity index is 0.00000132. The SMILES string of the molecule is O=C1N=C([O-])N=C([O-])C1(c1ccccc1)c1ccccc1.[Na+].[Na+]. The van der Waals surface area contributed by atoms with Crippen LogP contribution in [0.5, 0.6) is 0 Å². The monoisotopic (exact) mass is 324 g/mol. The van der Waals surface area contributed by atoms with Gasteiger partial charge in [0.25, 0.3) is 5.91 Å². The van der Waals surface area contributed by atoms with Crippen LogP contribution in [0.15, 0.2) is 70.6 Å². The first-order valence-electron chi connectivity index (χ1n) is 6.33. The van der Waals surface area contributed by atoms with E-state index in [9.17, 15) is 15.0 Å². The number of nitrogens with zero attached hydrogens (tertiary/aromatic N) is 2. The van der Waals surface area contributed by atoms with Crippen LogP contribution in [-0.2, 0) is 10.2 Å². The van der Waals surface area contributed by atoms with E-state index in [0.717, 1.165) is 0 Å². The van der Waals surface area contributed by atoms with Crippen LogP contribution in [0.25, 0.3) is 0 Å². The normalized spacial score (nSPS) is 15.6. The van der Waals surface area contributed by atoms with Gasteiger partial charge in [0.1, 0.15) is 5.41 Å². The van der Waals surface area contributed by atoms with Gasteiger partial charge in [0, 0.05) is 0 Å². The molecule has 0 aromatic heterocycles. The molecule has 1 aliphatic heterocycles. The van der Waals surface area contributed by atoms with Gasteiger partial charge >= 0.3 is 59.1 Å². The number of carbonyl (C=O) groups is 1. The molecule has 1 amide bonds. The number of aliphatic imine (C=N–C) groups is 2. The molecule has 0 saturated heterocycles. The molecule has 23 heavy (non-hydrogen) atoms. The first-order valence-corrected chi connectivity index (χ1v) is 6.33. The van der Waals surface area contributed by atoms with Crippen LogP contribution in [0.2, 0.25) is 0 Å². The molecule has 0 aliphatic carbocycles. The van der Waals surface area contributed by atoms with Crippen LogP contribution in [0.4, 0.5) is 0 Å². The fraction of sp³-hybridized carbons (Fsp3) is 0.0625. The molecule has 104 valence electrons. The van der Waals surface area contributed by atoms with Gasteiger partial charge in [0.15, 0.2) is 0 Å². The molecule has 0 fully saturated rings. The average molecular weight is 324 g/mol. The van der Waals surface area contributed by atoms with Crippen molar-refractivity contribution in [2.75, 3.05) is 0 Å². The third-order valence-electron chi connectivity index (χ3n) is 3.45. The van der Waals surface area contributed by atoms with Crippen LogP contribution in [-0.4, -0.2) is 17.8 Å². The first kappa shape index (κ1) is 20.1.